The summed E-state index contributed by atoms with van der Waals surface area (Å²) in [6.07, 6.45) is 2.34. The second-order valence-electron chi connectivity index (χ2n) is 4.60. The fourth-order valence-electron chi connectivity index (χ4n) is 2.15. The van der Waals surface area contributed by atoms with Crippen LogP contribution < -0.4 is 10.5 Å². The van der Waals surface area contributed by atoms with Gasteiger partial charge in [-0.2, -0.15) is 0 Å². The zero-order valence-corrected chi connectivity index (χ0v) is 11.8. The summed E-state index contributed by atoms with van der Waals surface area (Å²) in [6.45, 7) is 4.35. The van der Waals surface area contributed by atoms with Crippen LogP contribution in [0.3, 0.4) is 0 Å². The van der Waals surface area contributed by atoms with Crippen molar-refractivity contribution in [2.24, 2.45) is 0 Å². The Morgan fingerprint density at radius 3 is 2.55 bits per heavy atom. The van der Waals surface area contributed by atoms with E-state index in [4.69, 9.17) is 15.9 Å². The second kappa shape index (κ2) is 6.19. The van der Waals surface area contributed by atoms with E-state index in [2.05, 4.69) is 4.98 Å². The van der Waals surface area contributed by atoms with Crippen LogP contribution in [0.2, 0.25) is 0 Å². The molecule has 0 fully saturated rings. The minimum absolute atomic E-state index is 0.441. The topological polar surface area (TPSA) is 72.0 Å². The molecule has 104 valence electrons. The second-order valence-corrected chi connectivity index (χ2v) is 4.60. The van der Waals surface area contributed by atoms with Gasteiger partial charge in [-0.05, 0) is 37.6 Å². The van der Waals surface area contributed by atoms with Crippen LogP contribution in [0.25, 0.3) is 0 Å². The van der Waals surface area contributed by atoms with Crippen LogP contribution in [0.1, 0.15) is 30.7 Å². The molecule has 4 nitrogen and oxygen atoms in total. The molecule has 0 aliphatic rings. The van der Waals surface area contributed by atoms with E-state index >= 15 is 0 Å². The number of ether oxygens (including phenoxy) is 1. The SMILES string of the molecule is CCOc1ccc(Cc2nccc(N)c2C(C)=N)cc1. The maximum Gasteiger partial charge on any atom is 0.119 e. The maximum atomic E-state index is 7.83. The number of benzene rings is 1. The smallest absolute Gasteiger partial charge is 0.119 e. The normalized spacial score (nSPS) is 10.3. The zero-order valence-electron chi connectivity index (χ0n) is 11.8. The molecule has 0 saturated heterocycles. The Hall–Kier alpha value is -2.36. The molecule has 0 radical (unpaired) electrons. The number of hydrogen-bond acceptors (Lipinski definition) is 4. The molecule has 0 amide bonds. The summed E-state index contributed by atoms with van der Waals surface area (Å²) in [5.41, 5.74) is 9.68. The largest absolute Gasteiger partial charge is 0.494 e. The summed E-state index contributed by atoms with van der Waals surface area (Å²) < 4.78 is 5.42. The quantitative estimate of drug-likeness (QED) is 0.819. The number of nitrogens with one attached hydrogen (secondary N) is 1. The van der Waals surface area contributed by atoms with Gasteiger partial charge >= 0.3 is 0 Å². The van der Waals surface area contributed by atoms with Gasteiger partial charge < -0.3 is 15.9 Å². The Morgan fingerprint density at radius 2 is 1.95 bits per heavy atom. The molecule has 0 bridgehead atoms. The maximum absolute atomic E-state index is 7.83. The number of rotatable bonds is 5. The molecule has 0 aliphatic carbocycles. The van der Waals surface area contributed by atoms with E-state index in [1.54, 1.807) is 19.2 Å². The van der Waals surface area contributed by atoms with E-state index in [0.717, 1.165) is 22.6 Å². The standard InChI is InChI=1S/C16H19N3O/c1-3-20-13-6-4-12(5-7-13)10-15-16(11(2)17)14(18)8-9-19-15/h4-9,17H,3,10H2,1-2H3,(H2,18,19). The van der Waals surface area contributed by atoms with E-state index in [1.807, 2.05) is 31.2 Å². The summed E-state index contributed by atoms with van der Waals surface area (Å²) in [6, 6.07) is 9.65. The fraction of sp³-hybridized carbons (Fsp3) is 0.250. The molecule has 2 rings (SSSR count). The molecule has 0 unspecified atom stereocenters. The Morgan fingerprint density at radius 1 is 1.25 bits per heavy atom. The molecule has 4 heteroatoms. The van der Waals surface area contributed by atoms with E-state index in [1.165, 1.54) is 0 Å². The molecule has 1 aromatic heterocycles. The molecule has 2 aromatic rings. The number of anilines is 1. The molecular weight excluding hydrogens is 250 g/mol. The lowest BCUT2D eigenvalue weighted by Crippen LogP contribution is -2.07. The molecule has 1 aromatic carbocycles. The third-order valence-electron chi connectivity index (χ3n) is 3.04. The third-order valence-corrected chi connectivity index (χ3v) is 3.04. The van der Waals surface area contributed by atoms with Gasteiger partial charge in [0.2, 0.25) is 0 Å². The highest BCUT2D eigenvalue weighted by Gasteiger charge is 2.10. The first-order chi connectivity index (χ1) is 9.61. The van der Waals surface area contributed by atoms with Crippen LogP contribution in [0.5, 0.6) is 5.75 Å². The van der Waals surface area contributed by atoms with Gasteiger partial charge in [0.15, 0.2) is 0 Å². The summed E-state index contributed by atoms with van der Waals surface area (Å²) in [5.74, 6) is 0.861. The van der Waals surface area contributed by atoms with Crippen LogP contribution in [-0.4, -0.2) is 17.3 Å². The van der Waals surface area contributed by atoms with Crippen LogP contribution in [-0.2, 0) is 6.42 Å². The first-order valence-corrected chi connectivity index (χ1v) is 6.62. The first kappa shape index (κ1) is 14.1. The molecule has 3 N–H and O–H groups in total. The number of nitrogen functional groups attached to an aromatic ring is 1. The van der Waals surface area contributed by atoms with Gasteiger partial charge in [-0.3, -0.25) is 4.98 Å². The van der Waals surface area contributed by atoms with Gasteiger partial charge in [0.1, 0.15) is 5.75 Å². The van der Waals surface area contributed by atoms with Crippen molar-refractivity contribution in [2.45, 2.75) is 20.3 Å². The lowest BCUT2D eigenvalue weighted by atomic mass is 10.0. The summed E-state index contributed by atoms with van der Waals surface area (Å²) in [7, 11) is 0. The van der Waals surface area contributed by atoms with Gasteiger partial charge in [0.25, 0.3) is 0 Å². The fourth-order valence-corrected chi connectivity index (χ4v) is 2.15. The molecule has 20 heavy (non-hydrogen) atoms. The number of aromatic nitrogens is 1. The van der Waals surface area contributed by atoms with Gasteiger partial charge in [-0.15, -0.1) is 0 Å². The highest BCUT2D eigenvalue weighted by Crippen LogP contribution is 2.20. The van der Waals surface area contributed by atoms with Crippen molar-refractivity contribution in [3.05, 3.63) is 53.3 Å². The van der Waals surface area contributed by atoms with Gasteiger partial charge in [-0.25, -0.2) is 0 Å². The van der Waals surface area contributed by atoms with E-state index in [-0.39, 0.29) is 0 Å². The highest BCUT2D eigenvalue weighted by molar-refractivity contribution is 6.01. The average molecular weight is 269 g/mol. The average Bonchev–Trinajstić information content (AvgIpc) is 2.41. The van der Waals surface area contributed by atoms with Gasteiger partial charge in [0.05, 0.1) is 12.3 Å². The molecule has 1 heterocycles. The van der Waals surface area contributed by atoms with Crippen molar-refractivity contribution >= 4 is 11.4 Å². The predicted octanol–water partition coefficient (Wildman–Crippen LogP) is 3.04. The predicted molar refractivity (Wildman–Crippen MR) is 81.6 cm³/mol. The monoisotopic (exact) mass is 269 g/mol. The van der Waals surface area contributed by atoms with Crippen LogP contribution in [0.15, 0.2) is 36.5 Å². The lowest BCUT2D eigenvalue weighted by Gasteiger charge is -2.10. The Labute approximate surface area is 119 Å². The molecule has 0 aliphatic heterocycles. The van der Waals surface area contributed by atoms with Crippen molar-refractivity contribution < 1.29 is 4.74 Å². The van der Waals surface area contributed by atoms with E-state index in [0.29, 0.717) is 24.4 Å². The molecule has 0 atom stereocenters. The number of nitrogens with two attached hydrogens (primary N) is 1. The van der Waals surface area contributed by atoms with E-state index < -0.39 is 0 Å². The van der Waals surface area contributed by atoms with Crippen LogP contribution >= 0.6 is 0 Å². The van der Waals surface area contributed by atoms with Crippen LogP contribution in [0.4, 0.5) is 5.69 Å². The van der Waals surface area contributed by atoms with Crippen molar-refractivity contribution in [3.63, 3.8) is 0 Å². The molecule has 0 spiro atoms. The Bertz CT molecular complexity index is 606. The summed E-state index contributed by atoms with van der Waals surface area (Å²) in [4.78, 5) is 4.36. The Kier molecular flexibility index (Phi) is 4.35. The molecular formula is C16H19N3O. The first-order valence-electron chi connectivity index (χ1n) is 6.62. The van der Waals surface area contributed by atoms with Crippen molar-refractivity contribution in [1.82, 2.24) is 4.98 Å². The minimum Gasteiger partial charge on any atom is -0.494 e. The van der Waals surface area contributed by atoms with Crippen molar-refractivity contribution in [2.75, 3.05) is 12.3 Å². The zero-order chi connectivity index (χ0) is 14.5. The van der Waals surface area contributed by atoms with Gasteiger partial charge in [-0.1, -0.05) is 12.1 Å². The number of hydrogen-bond donors (Lipinski definition) is 2. The summed E-state index contributed by atoms with van der Waals surface area (Å²) >= 11 is 0. The van der Waals surface area contributed by atoms with Crippen molar-refractivity contribution in [1.29, 1.82) is 5.41 Å². The van der Waals surface area contributed by atoms with Crippen molar-refractivity contribution in [3.8, 4) is 5.75 Å². The van der Waals surface area contributed by atoms with Crippen LogP contribution in [0, 0.1) is 5.41 Å². The number of nitrogens with zero attached hydrogens (tertiary/aromatic N) is 1. The highest BCUT2D eigenvalue weighted by atomic mass is 16.5. The minimum atomic E-state index is 0.441. The number of pyridine rings is 1. The third kappa shape index (κ3) is 3.15. The van der Waals surface area contributed by atoms with E-state index in [9.17, 15) is 0 Å². The Balaban J connectivity index is 2.26. The summed E-state index contributed by atoms with van der Waals surface area (Å²) in [5, 5.41) is 7.83. The van der Waals surface area contributed by atoms with Gasteiger partial charge in [0, 0.05) is 29.6 Å². The lowest BCUT2D eigenvalue weighted by molar-refractivity contribution is 0.340. The molecule has 0 saturated carbocycles.